The molecular formula is C49H30N4. The van der Waals surface area contributed by atoms with Crippen LogP contribution >= 0.6 is 0 Å². The van der Waals surface area contributed by atoms with Crippen molar-refractivity contribution in [3.05, 3.63) is 182 Å². The Morgan fingerprint density at radius 1 is 0.321 bits per heavy atom. The van der Waals surface area contributed by atoms with Gasteiger partial charge in [-0.1, -0.05) is 146 Å². The Hall–Kier alpha value is -7.17. The quantitative estimate of drug-likeness (QED) is 0.175. The standard InChI is InChI=1S/C49H30N4/c1-2-14-33(15-3-1)47-50-48(52-49(51-47)36-23-22-31-12-4-5-16-35(31)30-36)34-24-27-37(28-25-34)53-43-21-11-10-20-42(43)45-44-38-17-7-6-13-32(38)26-29-40(44)39-18-8-9-19-41(39)46(45)53/h1-30H. The average Bonchev–Trinajstić information content (AvgIpc) is 3.59. The number of aromatic nitrogens is 4. The zero-order valence-electron chi connectivity index (χ0n) is 28.6. The molecule has 0 aliphatic carbocycles. The third-order valence-electron chi connectivity index (χ3n) is 10.6. The lowest BCUT2D eigenvalue weighted by atomic mass is 9.93. The highest BCUT2D eigenvalue weighted by atomic mass is 15.0. The van der Waals surface area contributed by atoms with Gasteiger partial charge in [-0.15, -0.1) is 0 Å². The number of hydrogen-bond donors (Lipinski definition) is 0. The highest BCUT2D eigenvalue weighted by molar-refractivity contribution is 6.36. The first-order valence-corrected chi connectivity index (χ1v) is 18.0. The largest absolute Gasteiger partial charge is 0.309 e. The van der Waals surface area contributed by atoms with Crippen molar-refractivity contribution in [2.24, 2.45) is 0 Å². The van der Waals surface area contributed by atoms with E-state index in [1.54, 1.807) is 0 Å². The molecule has 11 rings (SSSR count). The summed E-state index contributed by atoms with van der Waals surface area (Å²) in [5.41, 5.74) is 6.30. The van der Waals surface area contributed by atoms with Gasteiger partial charge >= 0.3 is 0 Å². The molecule has 0 radical (unpaired) electrons. The first-order chi connectivity index (χ1) is 26.3. The highest BCUT2D eigenvalue weighted by Gasteiger charge is 2.20. The van der Waals surface area contributed by atoms with Gasteiger partial charge in [-0.2, -0.15) is 0 Å². The zero-order chi connectivity index (χ0) is 34.9. The molecule has 0 unspecified atom stereocenters. The normalized spacial score (nSPS) is 11.8. The molecule has 53 heavy (non-hydrogen) atoms. The maximum Gasteiger partial charge on any atom is 0.164 e. The average molecular weight is 675 g/mol. The SMILES string of the molecule is c1ccc(-c2nc(-c3ccc(-n4c5ccccc5c5c6c7ccccc7ccc6c6ccccc6c54)cc3)nc(-c3ccc4ccccc4c3)n2)cc1. The van der Waals surface area contributed by atoms with Gasteiger partial charge in [0.2, 0.25) is 0 Å². The van der Waals surface area contributed by atoms with Crippen LogP contribution in [0.2, 0.25) is 0 Å². The second-order valence-corrected chi connectivity index (χ2v) is 13.6. The molecule has 9 aromatic carbocycles. The van der Waals surface area contributed by atoms with E-state index in [1.807, 2.05) is 30.3 Å². The van der Waals surface area contributed by atoms with E-state index in [-0.39, 0.29) is 0 Å². The van der Waals surface area contributed by atoms with Crippen molar-refractivity contribution >= 4 is 64.9 Å². The number of para-hydroxylation sites is 1. The molecular weight excluding hydrogens is 645 g/mol. The van der Waals surface area contributed by atoms with Gasteiger partial charge in [0.05, 0.1) is 11.0 Å². The molecule has 4 nitrogen and oxygen atoms in total. The van der Waals surface area contributed by atoms with Crippen molar-refractivity contribution in [2.45, 2.75) is 0 Å². The summed E-state index contributed by atoms with van der Waals surface area (Å²) in [7, 11) is 0. The van der Waals surface area contributed by atoms with Crippen LogP contribution in [0.3, 0.4) is 0 Å². The van der Waals surface area contributed by atoms with Crippen molar-refractivity contribution in [2.75, 3.05) is 0 Å². The van der Waals surface area contributed by atoms with E-state index in [0.717, 1.165) is 27.8 Å². The number of nitrogens with zero attached hydrogens (tertiary/aromatic N) is 4. The summed E-state index contributed by atoms with van der Waals surface area (Å²) >= 11 is 0. The summed E-state index contributed by atoms with van der Waals surface area (Å²) in [6.07, 6.45) is 0. The number of fused-ring (bicyclic) bond motifs is 11. The second-order valence-electron chi connectivity index (χ2n) is 13.6. The molecule has 0 atom stereocenters. The predicted octanol–water partition coefficient (Wildman–Crippen LogP) is 12.6. The summed E-state index contributed by atoms with van der Waals surface area (Å²) in [6, 6.07) is 64.5. The van der Waals surface area contributed by atoms with E-state index in [4.69, 9.17) is 15.0 Å². The molecule has 0 saturated carbocycles. The van der Waals surface area contributed by atoms with Crippen molar-refractivity contribution < 1.29 is 0 Å². The van der Waals surface area contributed by atoms with Gasteiger partial charge in [0, 0.05) is 43.9 Å². The Bertz CT molecular complexity index is 3220. The number of rotatable bonds is 4. The van der Waals surface area contributed by atoms with Crippen LogP contribution in [0.25, 0.3) is 105 Å². The molecule has 0 amide bonds. The van der Waals surface area contributed by atoms with Gasteiger partial charge in [-0.25, -0.2) is 15.0 Å². The molecule has 11 aromatic rings. The third kappa shape index (κ3) is 4.66. The molecule has 0 saturated heterocycles. The Morgan fingerprint density at radius 3 is 1.64 bits per heavy atom. The van der Waals surface area contributed by atoms with Gasteiger partial charge in [0.1, 0.15) is 0 Å². The van der Waals surface area contributed by atoms with Crippen molar-refractivity contribution in [3.8, 4) is 39.9 Å². The van der Waals surface area contributed by atoms with E-state index in [2.05, 4.69) is 156 Å². The Labute approximate surface area is 305 Å². The van der Waals surface area contributed by atoms with Crippen LogP contribution in [-0.4, -0.2) is 19.5 Å². The maximum atomic E-state index is 5.07. The molecule has 0 spiro atoms. The lowest BCUT2D eigenvalue weighted by molar-refractivity contribution is 1.07. The van der Waals surface area contributed by atoms with E-state index in [1.165, 1.54) is 59.5 Å². The predicted molar refractivity (Wildman–Crippen MR) is 220 cm³/mol. The van der Waals surface area contributed by atoms with E-state index < -0.39 is 0 Å². The lowest BCUT2D eigenvalue weighted by Gasteiger charge is -2.14. The minimum Gasteiger partial charge on any atom is -0.309 e. The van der Waals surface area contributed by atoms with Crippen molar-refractivity contribution in [3.63, 3.8) is 0 Å². The van der Waals surface area contributed by atoms with E-state index in [9.17, 15) is 0 Å². The van der Waals surface area contributed by atoms with Gasteiger partial charge in [-0.05, 0) is 68.7 Å². The van der Waals surface area contributed by atoms with Gasteiger partial charge in [0.25, 0.3) is 0 Å². The summed E-state index contributed by atoms with van der Waals surface area (Å²) < 4.78 is 2.43. The molecule has 4 heteroatoms. The van der Waals surface area contributed by atoms with Gasteiger partial charge < -0.3 is 4.57 Å². The van der Waals surface area contributed by atoms with Crippen LogP contribution in [-0.2, 0) is 0 Å². The molecule has 0 N–H and O–H groups in total. The molecule has 0 bridgehead atoms. The van der Waals surface area contributed by atoms with Gasteiger partial charge in [-0.3, -0.25) is 0 Å². The molecule has 0 aliphatic rings. The lowest BCUT2D eigenvalue weighted by Crippen LogP contribution is -2.00. The Morgan fingerprint density at radius 2 is 0.868 bits per heavy atom. The fourth-order valence-electron chi connectivity index (χ4n) is 8.14. The van der Waals surface area contributed by atoms with Crippen LogP contribution in [0.15, 0.2) is 182 Å². The molecule has 0 fully saturated rings. The summed E-state index contributed by atoms with van der Waals surface area (Å²) in [5.74, 6) is 1.94. The molecule has 246 valence electrons. The minimum absolute atomic E-state index is 0.638. The van der Waals surface area contributed by atoms with Crippen LogP contribution in [0.4, 0.5) is 0 Å². The first-order valence-electron chi connectivity index (χ1n) is 18.0. The van der Waals surface area contributed by atoms with Crippen LogP contribution in [0.1, 0.15) is 0 Å². The van der Waals surface area contributed by atoms with Crippen LogP contribution < -0.4 is 0 Å². The van der Waals surface area contributed by atoms with Crippen molar-refractivity contribution in [1.29, 1.82) is 0 Å². The second kappa shape index (κ2) is 11.7. The fraction of sp³-hybridized carbons (Fsp3) is 0. The van der Waals surface area contributed by atoms with Crippen LogP contribution in [0.5, 0.6) is 0 Å². The fourth-order valence-corrected chi connectivity index (χ4v) is 8.14. The summed E-state index contributed by atoms with van der Waals surface area (Å²) in [6.45, 7) is 0. The molecule has 2 heterocycles. The summed E-state index contributed by atoms with van der Waals surface area (Å²) in [5, 5.41) is 12.4. The maximum absolute atomic E-state index is 5.07. The smallest absolute Gasteiger partial charge is 0.164 e. The van der Waals surface area contributed by atoms with Gasteiger partial charge in [0.15, 0.2) is 17.5 Å². The first kappa shape index (κ1) is 29.5. The van der Waals surface area contributed by atoms with Crippen LogP contribution in [0, 0.1) is 0 Å². The summed E-state index contributed by atoms with van der Waals surface area (Å²) in [4.78, 5) is 15.1. The molecule has 2 aromatic heterocycles. The topological polar surface area (TPSA) is 43.6 Å². The highest BCUT2D eigenvalue weighted by Crippen LogP contribution is 2.44. The third-order valence-corrected chi connectivity index (χ3v) is 10.6. The Balaban J connectivity index is 1.13. The monoisotopic (exact) mass is 674 g/mol. The Kier molecular flexibility index (Phi) is 6.52. The number of benzene rings is 9. The minimum atomic E-state index is 0.638. The van der Waals surface area contributed by atoms with Crippen molar-refractivity contribution in [1.82, 2.24) is 19.5 Å². The number of hydrogen-bond acceptors (Lipinski definition) is 3. The van der Waals surface area contributed by atoms with E-state index >= 15 is 0 Å². The molecule has 0 aliphatic heterocycles. The zero-order valence-corrected chi connectivity index (χ0v) is 28.6. The van der Waals surface area contributed by atoms with E-state index in [0.29, 0.717) is 17.5 Å².